The van der Waals surface area contributed by atoms with Crippen LogP contribution in [0.15, 0.2) is 24.3 Å². The van der Waals surface area contributed by atoms with Crippen LogP contribution < -0.4 is 4.74 Å². The van der Waals surface area contributed by atoms with Crippen molar-refractivity contribution in [2.45, 2.75) is 25.4 Å². The van der Waals surface area contributed by atoms with Crippen LogP contribution in [-0.2, 0) is 14.3 Å². The van der Waals surface area contributed by atoms with E-state index in [0.717, 1.165) is 6.42 Å². The van der Waals surface area contributed by atoms with Gasteiger partial charge in [-0.15, -0.1) is 0 Å². The zero-order valence-corrected chi connectivity index (χ0v) is 16.4. The van der Waals surface area contributed by atoms with Gasteiger partial charge in [-0.25, -0.2) is 0 Å². The molecule has 3 heterocycles. The molecule has 0 radical (unpaired) electrons. The van der Waals surface area contributed by atoms with Gasteiger partial charge < -0.3 is 24.0 Å². The number of likely N-dealkylation sites (tertiary alicyclic amines) is 1. The summed E-state index contributed by atoms with van der Waals surface area (Å²) in [7, 11) is 0. The molecule has 0 aromatic heterocycles. The first-order valence-electron chi connectivity index (χ1n) is 10.1. The van der Waals surface area contributed by atoms with E-state index in [1.165, 1.54) is 0 Å². The second-order valence-corrected chi connectivity index (χ2v) is 7.85. The predicted molar refractivity (Wildman–Crippen MR) is 102 cm³/mol. The number of morpholine rings is 1. The Morgan fingerprint density at radius 3 is 2.68 bits per heavy atom. The van der Waals surface area contributed by atoms with Crippen LogP contribution in [0.1, 0.15) is 30.1 Å². The van der Waals surface area contributed by atoms with Gasteiger partial charge in [0.2, 0.25) is 5.91 Å². The molecule has 3 aliphatic heterocycles. The van der Waals surface area contributed by atoms with E-state index in [1.54, 1.807) is 6.07 Å². The molecule has 2 amide bonds. The number of amides is 2. The summed E-state index contributed by atoms with van der Waals surface area (Å²) in [6, 6.07) is 7.35. The third-order valence-electron chi connectivity index (χ3n) is 5.78. The Bertz CT molecular complexity index is 725. The van der Waals surface area contributed by atoms with Crippen molar-refractivity contribution in [1.29, 1.82) is 0 Å². The number of para-hydroxylation sites is 1. The highest BCUT2D eigenvalue weighted by Gasteiger charge is 2.51. The second-order valence-electron chi connectivity index (χ2n) is 7.85. The molecule has 4 rings (SSSR count). The van der Waals surface area contributed by atoms with Gasteiger partial charge in [0, 0.05) is 19.5 Å². The third kappa shape index (κ3) is 3.86. The number of hydrogen-bond acceptors (Lipinski definition) is 5. The molecule has 1 aromatic rings. The SMILES string of the molecule is CCOc1ccccc1C(=O)N1CC2(CC(CC(=O)N3CCOCC3)CO2)C1. The zero-order chi connectivity index (χ0) is 19.6. The van der Waals surface area contributed by atoms with Crippen LogP contribution in [-0.4, -0.2) is 79.8 Å². The molecule has 28 heavy (non-hydrogen) atoms. The highest BCUT2D eigenvalue weighted by Crippen LogP contribution is 2.40. The van der Waals surface area contributed by atoms with Gasteiger partial charge in [-0.2, -0.15) is 0 Å². The molecule has 1 atom stereocenters. The minimum atomic E-state index is -0.286. The molecule has 0 aliphatic carbocycles. The third-order valence-corrected chi connectivity index (χ3v) is 5.78. The fourth-order valence-corrected chi connectivity index (χ4v) is 4.37. The molecule has 3 saturated heterocycles. The van der Waals surface area contributed by atoms with Crippen LogP contribution in [0.2, 0.25) is 0 Å². The molecule has 0 bridgehead atoms. The highest BCUT2D eigenvalue weighted by atomic mass is 16.5. The van der Waals surface area contributed by atoms with E-state index in [2.05, 4.69) is 0 Å². The maximum absolute atomic E-state index is 12.8. The fourth-order valence-electron chi connectivity index (χ4n) is 4.37. The average molecular weight is 388 g/mol. The van der Waals surface area contributed by atoms with Crippen molar-refractivity contribution in [3.8, 4) is 5.75 Å². The molecule has 0 saturated carbocycles. The first-order valence-corrected chi connectivity index (χ1v) is 10.1. The molecule has 7 nitrogen and oxygen atoms in total. The van der Waals surface area contributed by atoms with Crippen LogP contribution in [0.5, 0.6) is 5.75 Å². The smallest absolute Gasteiger partial charge is 0.257 e. The lowest BCUT2D eigenvalue weighted by atomic mass is 9.85. The van der Waals surface area contributed by atoms with Gasteiger partial charge in [-0.1, -0.05) is 12.1 Å². The number of benzene rings is 1. The summed E-state index contributed by atoms with van der Waals surface area (Å²) in [4.78, 5) is 29.0. The number of nitrogens with zero attached hydrogens (tertiary/aromatic N) is 2. The van der Waals surface area contributed by atoms with E-state index in [4.69, 9.17) is 14.2 Å². The van der Waals surface area contributed by atoms with Gasteiger partial charge in [0.05, 0.1) is 45.1 Å². The standard InChI is InChI=1S/C21H28N2O5/c1-2-27-18-6-4-3-5-17(18)20(25)23-14-21(15-23)12-16(13-28-21)11-19(24)22-7-9-26-10-8-22/h3-6,16H,2,7-15H2,1H3. The molecule has 3 fully saturated rings. The molecule has 1 spiro atoms. The molecule has 7 heteroatoms. The molecular weight excluding hydrogens is 360 g/mol. The Morgan fingerprint density at radius 1 is 1.18 bits per heavy atom. The monoisotopic (exact) mass is 388 g/mol. The number of ether oxygens (including phenoxy) is 3. The molecule has 0 N–H and O–H groups in total. The first kappa shape index (κ1) is 19.2. The molecule has 1 unspecified atom stereocenters. The summed E-state index contributed by atoms with van der Waals surface area (Å²) >= 11 is 0. The minimum Gasteiger partial charge on any atom is -0.493 e. The maximum Gasteiger partial charge on any atom is 0.257 e. The van der Waals surface area contributed by atoms with Crippen LogP contribution in [0.3, 0.4) is 0 Å². The van der Waals surface area contributed by atoms with Crippen molar-refractivity contribution in [3.63, 3.8) is 0 Å². The van der Waals surface area contributed by atoms with E-state index in [9.17, 15) is 9.59 Å². The second kappa shape index (κ2) is 8.09. The van der Waals surface area contributed by atoms with Crippen molar-refractivity contribution in [3.05, 3.63) is 29.8 Å². The van der Waals surface area contributed by atoms with Crippen LogP contribution in [0.4, 0.5) is 0 Å². The number of hydrogen-bond donors (Lipinski definition) is 0. The van der Waals surface area contributed by atoms with Gasteiger partial charge in [-0.05, 0) is 31.4 Å². The highest BCUT2D eigenvalue weighted by molar-refractivity contribution is 5.97. The van der Waals surface area contributed by atoms with Crippen LogP contribution in [0, 0.1) is 5.92 Å². The first-order chi connectivity index (χ1) is 13.6. The average Bonchev–Trinajstić information content (AvgIpc) is 3.12. The summed E-state index contributed by atoms with van der Waals surface area (Å²) in [6.07, 6.45) is 1.35. The van der Waals surface area contributed by atoms with Gasteiger partial charge >= 0.3 is 0 Å². The topological polar surface area (TPSA) is 68.3 Å². The van der Waals surface area contributed by atoms with E-state index < -0.39 is 0 Å². The van der Waals surface area contributed by atoms with Crippen molar-refractivity contribution in [1.82, 2.24) is 9.80 Å². The van der Waals surface area contributed by atoms with Crippen molar-refractivity contribution >= 4 is 11.8 Å². The number of carbonyl (C=O) groups is 2. The van der Waals surface area contributed by atoms with E-state index in [0.29, 0.717) is 70.3 Å². The van der Waals surface area contributed by atoms with Gasteiger partial charge in [0.1, 0.15) is 11.4 Å². The van der Waals surface area contributed by atoms with Gasteiger partial charge in [0.25, 0.3) is 5.91 Å². The number of carbonyl (C=O) groups excluding carboxylic acids is 2. The zero-order valence-electron chi connectivity index (χ0n) is 16.4. The quantitative estimate of drug-likeness (QED) is 0.766. The lowest BCUT2D eigenvalue weighted by Gasteiger charge is -2.47. The predicted octanol–water partition coefficient (Wildman–Crippen LogP) is 1.57. The van der Waals surface area contributed by atoms with Crippen LogP contribution in [0.25, 0.3) is 0 Å². The lowest BCUT2D eigenvalue weighted by molar-refractivity contribution is -0.136. The Balaban J connectivity index is 1.30. The van der Waals surface area contributed by atoms with Crippen molar-refractivity contribution < 1.29 is 23.8 Å². The summed E-state index contributed by atoms with van der Waals surface area (Å²) < 4.78 is 16.9. The van der Waals surface area contributed by atoms with E-state index in [1.807, 2.05) is 34.9 Å². The molecule has 1 aromatic carbocycles. The van der Waals surface area contributed by atoms with Crippen LogP contribution >= 0.6 is 0 Å². The van der Waals surface area contributed by atoms with Gasteiger partial charge in [0.15, 0.2) is 0 Å². The number of rotatable bonds is 5. The molecule has 3 aliphatic rings. The van der Waals surface area contributed by atoms with E-state index >= 15 is 0 Å². The Labute approximate surface area is 165 Å². The Morgan fingerprint density at radius 2 is 1.93 bits per heavy atom. The van der Waals surface area contributed by atoms with E-state index in [-0.39, 0.29) is 23.3 Å². The fraction of sp³-hybridized carbons (Fsp3) is 0.619. The maximum atomic E-state index is 12.8. The molecule has 152 valence electrons. The largest absolute Gasteiger partial charge is 0.493 e. The minimum absolute atomic E-state index is 0.0221. The summed E-state index contributed by atoms with van der Waals surface area (Å²) in [5.74, 6) is 1.01. The van der Waals surface area contributed by atoms with Crippen molar-refractivity contribution in [2.24, 2.45) is 5.92 Å². The Hall–Kier alpha value is -2.12. The van der Waals surface area contributed by atoms with Crippen molar-refractivity contribution in [2.75, 3.05) is 52.6 Å². The lowest BCUT2D eigenvalue weighted by Crippen LogP contribution is -2.63. The summed E-state index contributed by atoms with van der Waals surface area (Å²) in [5, 5.41) is 0. The van der Waals surface area contributed by atoms with Gasteiger partial charge in [-0.3, -0.25) is 9.59 Å². The Kier molecular flexibility index (Phi) is 5.55. The normalized spacial score (nSPS) is 23.5. The summed E-state index contributed by atoms with van der Waals surface area (Å²) in [6.45, 7) is 6.78. The summed E-state index contributed by atoms with van der Waals surface area (Å²) in [5.41, 5.74) is 0.308. The molecular formula is C21H28N2O5.